The maximum absolute atomic E-state index is 11.6. The van der Waals surface area contributed by atoms with Crippen molar-refractivity contribution in [2.24, 2.45) is 0 Å². The van der Waals surface area contributed by atoms with Gasteiger partial charge in [0.25, 0.3) is 11.7 Å². The number of nitrogens with zero attached hydrogens (tertiary/aromatic N) is 1. The zero-order valence-corrected chi connectivity index (χ0v) is 10.5. The Bertz CT molecular complexity index is 512. The largest absolute Gasteiger partial charge is 0.379 e. The van der Waals surface area contributed by atoms with Crippen LogP contribution in [0.2, 0.25) is 0 Å². The molecule has 1 fully saturated rings. The fourth-order valence-corrected chi connectivity index (χ4v) is 2.89. The smallest absolute Gasteiger partial charge is 0.296 e. The number of morpholine rings is 1. The topological polar surface area (TPSA) is 58.6 Å². The van der Waals surface area contributed by atoms with Crippen molar-refractivity contribution in [3.05, 3.63) is 23.8 Å². The summed E-state index contributed by atoms with van der Waals surface area (Å²) in [5.74, 6) is -0.993. The lowest BCUT2D eigenvalue weighted by Crippen LogP contribution is -2.30. The van der Waals surface area contributed by atoms with Crippen molar-refractivity contribution in [3.63, 3.8) is 0 Å². The number of carbonyl (C=O) groups is 2. The van der Waals surface area contributed by atoms with Crippen molar-refractivity contribution < 1.29 is 14.3 Å². The molecule has 2 aliphatic rings. The summed E-state index contributed by atoms with van der Waals surface area (Å²) < 4.78 is 7.47. The third-order valence-electron chi connectivity index (χ3n) is 2.89. The van der Waals surface area contributed by atoms with Crippen molar-refractivity contribution >= 4 is 29.3 Å². The number of nitrogens with one attached hydrogen (secondary N) is 1. The van der Waals surface area contributed by atoms with Crippen LogP contribution in [0.25, 0.3) is 0 Å². The van der Waals surface area contributed by atoms with E-state index in [0.29, 0.717) is 11.3 Å². The van der Waals surface area contributed by atoms with E-state index in [4.69, 9.17) is 4.74 Å². The fraction of sp³-hybridized carbons (Fsp3) is 0.333. The molecule has 1 aromatic carbocycles. The van der Waals surface area contributed by atoms with Crippen LogP contribution in [0, 0.1) is 0 Å². The van der Waals surface area contributed by atoms with E-state index in [0.717, 1.165) is 31.2 Å². The van der Waals surface area contributed by atoms with E-state index in [1.807, 2.05) is 6.07 Å². The number of benzene rings is 1. The van der Waals surface area contributed by atoms with Crippen LogP contribution >= 0.6 is 11.9 Å². The van der Waals surface area contributed by atoms with Gasteiger partial charge >= 0.3 is 0 Å². The van der Waals surface area contributed by atoms with Crippen LogP contribution in [0.3, 0.4) is 0 Å². The number of Topliss-reactive ketones (excluding diaryl/α,β-unsaturated/α-hetero) is 1. The number of amides is 1. The lowest BCUT2D eigenvalue weighted by molar-refractivity contribution is -0.112. The van der Waals surface area contributed by atoms with Gasteiger partial charge in [-0.3, -0.25) is 9.59 Å². The van der Waals surface area contributed by atoms with Gasteiger partial charge in [0.15, 0.2) is 0 Å². The number of ether oxygens (including phenoxy) is 1. The first-order valence-corrected chi connectivity index (χ1v) is 6.52. The van der Waals surface area contributed by atoms with Crippen LogP contribution in [-0.2, 0) is 9.53 Å². The van der Waals surface area contributed by atoms with E-state index >= 15 is 0 Å². The molecule has 2 heterocycles. The highest BCUT2D eigenvalue weighted by molar-refractivity contribution is 7.97. The summed E-state index contributed by atoms with van der Waals surface area (Å²) in [7, 11) is 0. The minimum absolute atomic E-state index is 0.450. The maximum atomic E-state index is 11.6. The Labute approximate surface area is 109 Å². The molecular weight excluding hydrogens is 252 g/mol. The highest BCUT2D eigenvalue weighted by atomic mass is 32.2. The van der Waals surface area contributed by atoms with Gasteiger partial charge in [-0.1, -0.05) is 0 Å². The summed E-state index contributed by atoms with van der Waals surface area (Å²) in [4.78, 5) is 23.8. The molecule has 0 saturated carbocycles. The molecule has 5 nitrogen and oxygen atoms in total. The second kappa shape index (κ2) is 4.72. The molecule has 2 aliphatic heterocycles. The standard InChI is InChI=1S/C12H12N2O3S/c15-11-9-7-8(1-2-10(9)13-12(11)16)18-14-3-5-17-6-4-14/h1-2,7H,3-6H2,(H,13,15,16). The number of ketones is 1. The normalized spacial score (nSPS) is 19.8. The minimum atomic E-state index is -0.543. The summed E-state index contributed by atoms with van der Waals surface area (Å²) >= 11 is 1.60. The molecule has 0 radical (unpaired) electrons. The molecule has 1 amide bonds. The third kappa shape index (κ3) is 2.14. The molecule has 0 spiro atoms. The summed E-state index contributed by atoms with van der Waals surface area (Å²) in [6, 6.07) is 5.47. The molecule has 0 unspecified atom stereocenters. The number of hydrogen-bond acceptors (Lipinski definition) is 5. The Kier molecular flexibility index (Phi) is 3.07. The van der Waals surface area contributed by atoms with Crippen molar-refractivity contribution in [3.8, 4) is 0 Å². The first-order valence-electron chi connectivity index (χ1n) is 5.74. The van der Waals surface area contributed by atoms with Gasteiger partial charge in [-0.05, 0) is 30.1 Å². The van der Waals surface area contributed by atoms with Crippen LogP contribution < -0.4 is 5.32 Å². The second-order valence-electron chi connectivity index (χ2n) is 4.12. The SMILES string of the molecule is O=C1Nc2ccc(SN3CCOCC3)cc2C1=O. The first-order chi connectivity index (χ1) is 8.74. The van der Waals surface area contributed by atoms with E-state index in [1.54, 1.807) is 24.1 Å². The summed E-state index contributed by atoms with van der Waals surface area (Å²) in [5.41, 5.74) is 1.08. The van der Waals surface area contributed by atoms with Crippen LogP contribution in [-0.4, -0.2) is 42.3 Å². The quantitative estimate of drug-likeness (QED) is 0.641. The summed E-state index contributed by atoms with van der Waals surface area (Å²) in [5, 5.41) is 2.55. The molecule has 0 bridgehead atoms. The first kappa shape index (κ1) is 11.7. The van der Waals surface area contributed by atoms with E-state index in [1.165, 1.54) is 0 Å². The molecule has 6 heteroatoms. The zero-order valence-electron chi connectivity index (χ0n) is 9.64. The number of fused-ring (bicyclic) bond motifs is 1. The number of hydrogen-bond donors (Lipinski definition) is 1. The van der Waals surface area contributed by atoms with E-state index in [-0.39, 0.29) is 0 Å². The van der Waals surface area contributed by atoms with Gasteiger partial charge in [-0.25, -0.2) is 4.31 Å². The van der Waals surface area contributed by atoms with E-state index < -0.39 is 11.7 Å². The molecule has 0 aliphatic carbocycles. The molecule has 1 aromatic rings. The van der Waals surface area contributed by atoms with E-state index in [2.05, 4.69) is 9.62 Å². The van der Waals surface area contributed by atoms with Crippen LogP contribution in [0.15, 0.2) is 23.1 Å². The molecule has 1 saturated heterocycles. The molecular formula is C12H12N2O3S. The monoisotopic (exact) mass is 264 g/mol. The van der Waals surface area contributed by atoms with Gasteiger partial charge in [0.2, 0.25) is 0 Å². The third-order valence-corrected chi connectivity index (χ3v) is 3.98. The summed E-state index contributed by atoms with van der Waals surface area (Å²) in [6.07, 6.45) is 0. The van der Waals surface area contributed by atoms with Crippen molar-refractivity contribution in [2.45, 2.75) is 4.90 Å². The molecule has 3 rings (SSSR count). The zero-order chi connectivity index (χ0) is 12.5. The lowest BCUT2D eigenvalue weighted by Gasteiger charge is -2.25. The van der Waals surface area contributed by atoms with Gasteiger partial charge in [-0.15, -0.1) is 0 Å². The predicted octanol–water partition coefficient (Wildman–Crippen LogP) is 1.16. The number of anilines is 1. The molecule has 94 valence electrons. The van der Waals surface area contributed by atoms with Crippen molar-refractivity contribution in [1.82, 2.24) is 4.31 Å². The van der Waals surface area contributed by atoms with Gasteiger partial charge < -0.3 is 10.1 Å². The second-order valence-corrected chi connectivity index (χ2v) is 5.29. The van der Waals surface area contributed by atoms with Crippen molar-refractivity contribution in [2.75, 3.05) is 31.6 Å². The Hall–Kier alpha value is -1.37. The average molecular weight is 264 g/mol. The van der Waals surface area contributed by atoms with Gasteiger partial charge in [-0.2, -0.15) is 0 Å². The minimum Gasteiger partial charge on any atom is -0.379 e. The fourth-order valence-electron chi connectivity index (χ4n) is 1.97. The van der Waals surface area contributed by atoms with E-state index in [9.17, 15) is 9.59 Å². The predicted molar refractivity (Wildman–Crippen MR) is 67.7 cm³/mol. The Morgan fingerprint density at radius 1 is 1.22 bits per heavy atom. The van der Waals surface area contributed by atoms with Gasteiger partial charge in [0.05, 0.1) is 24.5 Å². The summed E-state index contributed by atoms with van der Waals surface area (Å²) in [6.45, 7) is 3.20. The van der Waals surface area contributed by atoms with Crippen LogP contribution in [0.1, 0.15) is 10.4 Å². The van der Waals surface area contributed by atoms with Crippen molar-refractivity contribution in [1.29, 1.82) is 0 Å². The highest BCUT2D eigenvalue weighted by Gasteiger charge is 2.28. The molecule has 0 atom stereocenters. The van der Waals surface area contributed by atoms with Crippen LogP contribution in [0.5, 0.6) is 0 Å². The molecule has 0 aromatic heterocycles. The number of carbonyl (C=O) groups excluding carboxylic acids is 2. The van der Waals surface area contributed by atoms with Gasteiger partial charge in [0.1, 0.15) is 0 Å². The number of rotatable bonds is 2. The highest BCUT2D eigenvalue weighted by Crippen LogP contribution is 2.30. The maximum Gasteiger partial charge on any atom is 0.296 e. The molecule has 1 N–H and O–H groups in total. The Balaban J connectivity index is 1.78. The Morgan fingerprint density at radius 3 is 2.78 bits per heavy atom. The Morgan fingerprint density at radius 2 is 2.00 bits per heavy atom. The lowest BCUT2D eigenvalue weighted by atomic mass is 10.1. The average Bonchev–Trinajstić information content (AvgIpc) is 2.67. The van der Waals surface area contributed by atoms with Gasteiger partial charge in [0, 0.05) is 18.0 Å². The molecule has 18 heavy (non-hydrogen) atoms. The van der Waals surface area contributed by atoms with Crippen LogP contribution in [0.4, 0.5) is 5.69 Å².